The lowest BCUT2D eigenvalue weighted by Crippen LogP contribution is -2.36. The van der Waals surface area contributed by atoms with E-state index in [0.29, 0.717) is 13.1 Å². The lowest BCUT2D eigenvalue weighted by molar-refractivity contribution is -0.667. The smallest absolute Gasteiger partial charge is 0.301 e. The molecule has 1 unspecified atom stereocenters. The summed E-state index contributed by atoms with van der Waals surface area (Å²) in [5.74, 6) is -0.422. The van der Waals surface area contributed by atoms with Crippen molar-refractivity contribution in [1.82, 2.24) is 0 Å². The van der Waals surface area contributed by atoms with Gasteiger partial charge in [-0.1, -0.05) is 84.6 Å². The second-order valence-electron chi connectivity index (χ2n) is 10.3. The first-order chi connectivity index (χ1) is 21.2. The topological polar surface area (TPSA) is 111 Å². The van der Waals surface area contributed by atoms with Crippen molar-refractivity contribution in [2.24, 2.45) is 0 Å². The lowest BCUT2D eigenvalue weighted by Gasteiger charge is -2.21. The molecular weight excluding hydrogens is 637 g/mol. The Labute approximate surface area is 266 Å². The Kier molecular flexibility index (Phi) is 9.20. The number of hydrogen-bond donors (Lipinski definition) is 1. The molecule has 0 spiro atoms. The molecule has 0 aliphatic carbocycles. The third kappa shape index (κ3) is 6.62. The van der Waals surface area contributed by atoms with E-state index in [-0.39, 0.29) is 13.0 Å². The summed E-state index contributed by atoms with van der Waals surface area (Å²) in [5, 5.41) is 6.30. The van der Waals surface area contributed by atoms with E-state index in [9.17, 15) is 21.7 Å². The number of thiazole rings is 1. The maximum absolute atomic E-state index is 11.4. The highest BCUT2D eigenvalue weighted by Crippen LogP contribution is 2.49. The Morgan fingerprint density at radius 2 is 1.75 bits per heavy atom. The number of aromatic nitrogens is 1. The molecule has 228 valence electrons. The van der Waals surface area contributed by atoms with Crippen LogP contribution in [-0.2, 0) is 32.2 Å². The average Bonchev–Trinajstić information content (AvgIpc) is 3.53. The Bertz CT molecular complexity index is 2070. The largest absolute Gasteiger partial charge is 0.748 e. The van der Waals surface area contributed by atoms with E-state index in [2.05, 4.69) is 77.1 Å². The van der Waals surface area contributed by atoms with Gasteiger partial charge in [-0.05, 0) is 47.0 Å². The number of benzene rings is 4. The molecule has 0 amide bonds. The molecule has 0 radical (unpaired) electrons. The quantitative estimate of drug-likeness (QED) is 0.0928. The lowest BCUT2D eigenvalue weighted by atomic mass is 10.1. The Morgan fingerprint density at radius 1 is 1.05 bits per heavy atom. The first kappa shape index (κ1) is 30.9. The zero-order valence-corrected chi connectivity index (χ0v) is 27.1. The highest BCUT2D eigenvalue weighted by molar-refractivity contribution is 8.03. The van der Waals surface area contributed by atoms with Crippen molar-refractivity contribution in [2.75, 3.05) is 23.8 Å². The summed E-state index contributed by atoms with van der Waals surface area (Å²) in [4.78, 5) is 3.24. The van der Waals surface area contributed by atoms with Crippen LogP contribution in [0.1, 0.15) is 24.8 Å². The van der Waals surface area contributed by atoms with Crippen LogP contribution in [0, 0.1) is 0 Å². The molecule has 4 aromatic carbocycles. The van der Waals surface area contributed by atoms with Gasteiger partial charge in [0.1, 0.15) is 4.70 Å². The average molecular weight is 667 g/mol. The molecule has 1 atom stereocenters. The normalized spacial score (nSPS) is 15.6. The zero-order valence-electron chi connectivity index (χ0n) is 23.8. The third-order valence-corrected chi connectivity index (χ3v) is 10.9. The number of fused-ring (bicyclic) bond motifs is 6. The van der Waals surface area contributed by atoms with Gasteiger partial charge in [0.05, 0.1) is 32.8 Å². The van der Waals surface area contributed by atoms with Crippen molar-refractivity contribution in [3.63, 3.8) is 0 Å². The van der Waals surface area contributed by atoms with Crippen LogP contribution < -0.4 is 9.47 Å². The van der Waals surface area contributed by atoms with E-state index >= 15 is 0 Å². The number of nitrogens with zero attached hydrogens (tertiary/aromatic N) is 2. The van der Waals surface area contributed by atoms with Gasteiger partial charge in [0.2, 0.25) is 5.52 Å². The van der Waals surface area contributed by atoms with Crippen LogP contribution in [-0.4, -0.2) is 40.6 Å². The van der Waals surface area contributed by atoms with E-state index < -0.39 is 27.2 Å². The highest BCUT2D eigenvalue weighted by Gasteiger charge is 2.28. The third-order valence-electron chi connectivity index (χ3n) is 7.53. The van der Waals surface area contributed by atoms with Gasteiger partial charge in [-0.3, -0.25) is 8.74 Å². The molecule has 0 bridgehead atoms. The van der Waals surface area contributed by atoms with Crippen molar-refractivity contribution in [3.8, 4) is 0 Å². The van der Waals surface area contributed by atoms with Crippen LogP contribution >= 0.6 is 23.1 Å². The van der Waals surface area contributed by atoms with Crippen LogP contribution in [0.3, 0.4) is 0 Å². The van der Waals surface area contributed by atoms with Crippen LogP contribution in [0.25, 0.3) is 37.8 Å². The number of aryl methyl sites for hydroxylation is 1. The standard InChI is InChI=1S/C32H30N2O6S4/c1-2-22(21-30-34(17-18-40-43(35)36)32-26-11-6-4-9-24(26)13-15-28(32)42-30)20-29-33(16-7-19-44(37,38)39)31-25-10-5-3-8-23(25)12-14-27(31)41-29/h3-6,8-15,20-21H,2,7,16-19H2,1H3,(H-,35,36,37,38,39). The fourth-order valence-corrected chi connectivity index (χ4v) is 8.63. The second-order valence-corrected chi connectivity index (χ2v) is 14.6. The van der Waals surface area contributed by atoms with Crippen LogP contribution in [0.5, 0.6) is 0 Å². The highest BCUT2D eigenvalue weighted by atomic mass is 32.2. The molecule has 0 fully saturated rings. The summed E-state index contributed by atoms with van der Waals surface area (Å²) in [6, 6.07) is 24.7. The molecular formula is C32H30N2O6S4. The maximum Gasteiger partial charge on any atom is 0.301 e. The number of rotatable bonds is 11. The Balaban J connectivity index is 1.44. The summed E-state index contributed by atoms with van der Waals surface area (Å²) < 4.78 is 63.0. The maximum atomic E-state index is 11.4. The van der Waals surface area contributed by atoms with E-state index in [0.717, 1.165) is 64.4 Å². The molecule has 2 heterocycles. The molecule has 12 heteroatoms. The van der Waals surface area contributed by atoms with Crippen molar-refractivity contribution < 1.29 is 30.5 Å². The van der Waals surface area contributed by atoms with Gasteiger partial charge in [0.25, 0.3) is 5.01 Å². The van der Waals surface area contributed by atoms with E-state index in [1.165, 1.54) is 0 Å². The molecule has 6 rings (SSSR count). The second kappa shape index (κ2) is 13.1. The SMILES string of the molecule is CCC(=Cc1sc2ccc3ccccc3c2[n+]1CCCS(=O)(=O)[O-])C=C1Sc2ccc3ccccc3c2N1CCOS(=O)O. The summed E-state index contributed by atoms with van der Waals surface area (Å²) in [6.07, 6.45) is 5.23. The van der Waals surface area contributed by atoms with Crippen LogP contribution in [0.4, 0.5) is 5.69 Å². The molecule has 8 nitrogen and oxygen atoms in total. The minimum Gasteiger partial charge on any atom is -0.748 e. The van der Waals surface area contributed by atoms with Gasteiger partial charge in [-0.25, -0.2) is 8.42 Å². The predicted octanol–water partition coefficient (Wildman–Crippen LogP) is 6.83. The molecule has 1 N–H and O–H groups in total. The number of allylic oxidation sites excluding steroid dienone is 2. The summed E-state index contributed by atoms with van der Waals surface area (Å²) in [5.41, 5.74) is 3.13. The summed E-state index contributed by atoms with van der Waals surface area (Å²) >= 11 is 0.927. The summed E-state index contributed by atoms with van der Waals surface area (Å²) in [6.45, 7) is 2.94. The molecule has 1 aromatic heterocycles. The van der Waals surface area contributed by atoms with Crippen molar-refractivity contribution >= 4 is 88.1 Å². The van der Waals surface area contributed by atoms with Gasteiger partial charge >= 0.3 is 11.4 Å². The van der Waals surface area contributed by atoms with Gasteiger partial charge in [0.15, 0.2) is 6.54 Å². The van der Waals surface area contributed by atoms with Gasteiger partial charge in [0, 0.05) is 35.1 Å². The number of anilines is 1. The van der Waals surface area contributed by atoms with E-state index in [1.807, 2.05) is 24.3 Å². The number of hydrogen-bond acceptors (Lipinski definition) is 8. The first-order valence-electron chi connectivity index (χ1n) is 14.1. The Hall–Kier alpha value is -3.10. The molecule has 0 saturated carbocycles. The first-order valence-corrected chi connectivity index (χ1v) is 18.4. The van der Waals surface area contributed by atoms with E-state index in [1.54, 1.807) is 23.1 Å². The number of thioether (sulfide) groups is 1. The minimum absolute atomic E-state index is 0.0703. The fraction of sp³-hybridized carbons (Fsp3) is 0.219. The van der Waals surface area contributed by atoms with Gasteiger partial charge in [-0.15, -0.1) is 0 Å². The fourth-order valence-electron chi connectivity index (χ4n) is 5.57. The Morgan fingerprint density at radius 3 is 2.48 bits per heavy atom. The molecule has 1 aliphatic heterocycles. The van der Waals surface area contributed by atoms with Gasteiger partial charge in [-0.2, -0.15) is 8.78 Å². The molecule has 1 aliphatic rings. The van der Waals surface area contributed by atoms with Gasteiger partial charge < -0.3 is 9.45 Å². The molecule has 5 aromatic rings. The zero-order chi connectivity index (χ0) is 30.8. The van der Waals surface area contributed by atoms with E-state index in [4.69, 9.17) is 4.18 Å². The summed E-state index contributed by atoms with van der Waals surface area (Å²) in [7, 11) is -4.33. The predicted molar refractivity (Wildman–Crippen MR) is 179 cm³/mol. The van der Waals surface area contributed by atoms with Crippen molar-refractivity contribution in [2.45, 2.75) is 31.2 Å². The molecule has 0 saturated heterocycles. The monoisotopic (exact) mass is 666 g/mol. The van der Waals surface area contributed by atoms with Crippen LogP contribution in [0.2, 0.25) is 0 Å². The minimum atomic E-state index is -4.33. The molecule has 44 heavy (non-hydrogen) atoms. The van der Waals surface area contributed by atoms with Crippen molar-refractivity contribution in [1.29, 1.82) is 0 Å². The van der Waals surface area contributed by atoms with Crippen molar-refractivity contribution in [3.05, 3.63) is 94.5 Å². The van der Waals surface area contributed by atoms with Crippen LogP contribution in [0.15, 0.2) is 94.4 Å².